The van der Waals surface area contributed by atoms with Crippen LogP contribution >= 0.6 is 0 Å². The minimum atomic E-state index is -2.55. The lowest BCUT2D eigenvalue weighted by Crippen LogP contribution is -2.66. The van der Waals surface area contributed by atoms with Crippen molar-refractivity contribution in [1.29, 1.82) is 0 Å². The van der Waals surface area contributed by atoms with E-state index in [9.17, 15) is 9.90 Å². The Bertz CT molecular complexity index is 862. The van der Waals surface area contributed by atoms with Crippen LogP contribution in [0, 0.1) is 0 Å². The molecule has 34 heavy (non-hydrogen) atoms. The first-order valence-electron chi connectivity index (χ1n) is 12.7. The molecule has 4 nitrogen and oxygen atoms in total. The molecule has 1 amide bonds. The van der Waals surface area contributed by atoms with Crippen molar-refractivity contribution >= 4 is 24.6 Å². The van der Waals surface area contributed by atoms with Gasteiger partial charge in [-0.25, -0.2) is 0 Å². The van der Waals surface area contributed by atoms with Gasteiger partial charge in [-0.3, -0.25) is 4.79 Å². The molecule has 0 aliphatic carbocycles. The summed E-state index contributed by atoms with van der Waals surface area (Å²) in [6.07, 6.45) is 8.48. The summed E-state index contributed by atoms with van der Waals surface area (Å²) in [4.78, 5) is 14.0. The van der Waals surface area contributed by atoms with Crippen LogP contribution in [0.5, 0.6) is 0 Å². The zero-order valence-electron chi connectivity index (χ0n) is 21.1. The Kier molecular flexibility index (Phi) is 9.69. The maximum absolute atomic E-state index is 12.1. The number of likely N-dealkylation sites (tertiary alicyclic amines) is 1. The number of aliphatic hydroxyl groups is 1. The zero-order valence-corrected chi connectivity index (χ0v) is 22.1. The van der Waals surface area contributed by atoms with E-state index in [1.54, 1.807) is 6.08 Å². The first-order chi connectivity index (χ1) is 16.3. The molecule has 1 fully saturated rings. The average Bonchev–Trinajstić information content (AvgIpc) is 3.37. The molecule has 2 aromatic rings. The number of aliphatic hydroxyl groups excluding tert-OH is 1. The molecule has 1 aliphatic heterocycles. The van der Waals surface area contributed by atoms with E-state index in [0.717, 1.165) is 38.8 Å². The predicted molar refractivity (Wildman–Crippen MR) is 143 cm³/mol. The Morgan fingerprint density at radius 1 is 1.00 bits per heavy atom. The monoisotopic (exact) mass is 479 g/mol. The fourth-order valence-electron chi connectivity index (χ4n) is 4.95. The molecule has 0 saturated carbocycles. The topological polar surface area (TPSA) is 49.8 Å². The van der Waals surface area contributed by atoms with E-state index in [4.69, 9.17) is 4.43 Å². The Labute approximate surface area is 206 Å². The summed E-state index contributed by atoms with van der Waals surface area (Å²) in [7, 11) is -2.55. The van der Waals surface area contributed by atoms with Crippen LogP contribution in [0.15, 0.2) is 72.8 Å². The predicted octanol–water partition coefficient (Wildman–Crippen LogP) is 4.66. The van der Waals surface area contributed by atoms with Gasteiger partial charge in [0.2, 0.25) is 5.91 Å². The lowest BCUT2D eigenvalue weighted by molar-refractivity contribution is -0.125. The first kappa shape index (κ1) is 26.4. The first-order valence-corrected chi connectivity index (χ1v) is 14.6. The average molecular weight is 480 g/mol. The van der Waals surface area contributed by atoms with E-state index in [1.165, 1.54) is 10.4 Å². The number of nitrogens with zero attached hydrogens (tertiary/aromatic N) is 1. The smallest absolute Gasteiger partial charge is 0.261 e. The number of allylic oxidation sites excluding steroid dienone is 1. The van der Waals surface area contributed by atoms with Crippen LogP contribution in [0.25, 0.3) is 0 Å². The highest BCUT2D eigenvalue weighted by atomic mass is 28.4. The fourth-order valence-corrected chi connectivity index (χ4v) is 9.53. The number of rotatable bonds is 11. The number of amides is 1. The summed E-state index contributed by atoms with van der Waals surface area (Å²) in [5, 5.41) is 13.1. The normalized spacial score (nSPS) is 15.7. The van der Waals surface area contributed by atoms with Crippen molar-refractivity contribution in [3.05, 3.63) is 72.8 Å². The van der Waals surface area contributed by atoms with Crippen LogP contribution < -0.4 is 10.4 Å². The Hall–Kier alpha value is -2.21. The van der Waals surface area contributed by atoms with Gasteiger partial charge >= 0.3 is 0 Å². The summed E-state index contributed by atoms with van der Waals surface area (Å²) in [5.41, 5.74) is 0. The summed E-state index contributed by atoms with van der Waals surface area (Å²) < 4.78 is 6.87. The maximum atomic E-state index is 12.1. The molecule has 3 rings (SSSR count). The van der Waals surface area contributed by atoms with Crippen molar-refractivity contribution in [3.63, 3.8) is 0 Å². The van der Waals surface area contributed by atoms with E-state index in [0.29, 0.717) is 19.4 Å². The molecule has 0 radical (unpaired) electrons. The second-order valence-corrected chi connectivity index (χ2v) is 14.6. The Balaban J connectivity index is 1.56. The molecule has 0 unspecified atom stereocenters. The van der Waals surface area contributed by atoms with Crippen LogP contribution in [0.4, 0.5) is 0 Å². The van der Waals surface area contributed by atoms with Crippen molar-refractivity contribution in [3.8, 4) is 0 Å². The van der Waals surface area contributed by atoms with Gasteiger partial charge in [-0.2, -0.15) is 0 Å². The quantitative estimate of drug-likeness (QED) is 0.290. The number of carbonyl (C=O) groups excluding carboxylic acids is 1. The molecule has 0 aromatic heterocycles. The van der Waals surface area contributed by atoms with E-state index in [2.05, 4.69) is 69.3 Å². The van der Waals surface area contributed by atoms with Gasteiger partial charge in [0.1, 0.15) is 0 Å². The Morgan fingerprint density at radius 2 is 1.56 bits per heavy atom. The number of hydrogen-bond donors (Lipinski definition) is 1. The van der Waals surface area contributed by atoms with Crippen molar-refractivity contribution in [2.75, 3.05) is 19.7 Å². The molecule has 2 aromatic carbocycles. The SMILES string of the molecule is CC(C)(C)[Si](OCC[C@@H](O)CCC/C=C/C(=O)N1CCCC1)(c1ccccc1)c1ccccc1. The fraction of sp³-hybridized carbons (Fsp3) is 0.483. The number of benzene rings is 2. The molecular formula is C29H41NO3Si. The highest BCUT2D eigenvalue weighted by molar-refractivity contribution is 6.99. The third-order valence-corrected chi connectivity index (χ3v) is 11.8. The Morgan fingerprint density at radius 3 is 2.09 bits per heavy atom. The standard InChI is InChI=1S/C29H41NO3Si/c1-29(2,3)34(26-16-8-5-9-17-26,27-18-10-6-11-19-27)33-24-21-25(31)15-7-4-12-20-28(32)30-22-13-14-23-30/h5-6,8-12,16-20,25,31H,4,7,13-15,21-24H2,1-3H3/b20-12+/t25-/m0/s1. The molecule has 0 bridgehead atoms. The van der Waals surface area contributed by atoms with E-state index in [1.807, 2.05) is 23.1 Å². The van der Waals surface area contributed by atoms with Crippen molar-refractivity contribution in [1.82, 2.24) is 4.90 Å². The highest BCUT2D eigenvalue weighted by Crippen LogP contribution is 2.36. The van der Waals surface area contributed by atoms with Crippen molar-refractivity contribution in [2.24, 2.45) is 0 Å². The van der Waals surface area contributed by atoms with E-state index >= 15 is 0 Å². The lowest BCUT2D eigenvalue weighted by Gasteiger charge is -2.43. The van der Waals surface area contributed by atoms with E-state index < -0.39 is 14.4 Å². The van der Waals surface area contributed by atoms with Gasteiger partial charge in [0.25, 0.3) is 8.32 Å². The molecule has 1 N–H and O–H groups in total. The summed E-state index contributed by atoms with van der Waals surface area (Å²) >= 11 is 0. The van der Waals surface area contributed by atoms with Crippen LogP contribution in [-0.4, -0.2) is 50.0 Å². The molecule has 1 aliphatic rings. The van der Waals surface area contributed by atoms with Crippen LogP contribution in [0.2, 0.25) is 5.04 Å². The van der Waals surface area contributed by atoms with Gasteiger partial charge in [0, 0.05) is 19.7 Å². The lowest BCUT2D eigenvalue weighted by atomic mass is 10.1. The van der Waals surface area contributed by atoms with Crippen LogP contribution in [0.1, 0.15) is 59.3 Å². The van der Waals surface area contributed by atoms with Gasteiger partial charge in [-0.15, -0.1) is 0 Å². The molecule has 0 spiro atoms. The number of unbranched alkanes of at least 4 members (excludes halogenated alkanes) is 1. The third-order valence-electron chi connectivity index (χ3n) is 6.77. The van der Waals surface area contributed by atoms with Crippen molar-refractivity contribution < 1.29 is 14.3 Å². The second-order valence-electron chi connectivity index (χ2n) is 10.3. The summed E-state index contributed by atoms with van der Waals surface area (Å²) in [5.74, 6) is 0.122. The van der Waals surface area contributed by atoms with Crippen LogP contribution in [-0.2, 0) is 9.22 Å². The highest BCUT2D eigenvalue weighted by Gasteiger charge is 2.50. The summed E-state index contributed by atoms with van der Waals surface area (Å²) in [6.45, 7) is 9.10. The molecule has 1 heterocycles. The van der Waals surface area contributed by atoms with Gasteiger partial charge in [-0.05, 0) is 60.0 Å². The molecule has 1 saturated heterocycles. The molecule has 184 valence electrons. The van der Waals surface area contributed by atoms with Gasteiger partial charge in [0.05, 0.1) is 6.10 Å². The molecular weight excluding hydrogens is 438 g/mol. The van der Waals surface area contributed by atoms with Crippen LogP contribution in [0.3, 0.4) is 0 Å². The zero-order chi connectivity index (χ0) is 24.4. The second kappa shape index (κ2) is 12.5. The molecule has 1 atom stereocenters. The molecule has 5 heteroatoms. The maximum Gasteiger partial charge on any atom is 0.261 e. The summed E-state index contributed by atoms with van der Waals surface area (Å²) in [6, 6.07) is 21.2. The van der Waals surface area contributed by atoms with E-state index in [-0.39, 0.29) is 10.9 Å². The number of carbonyl (C=O) groups is 1. The minimum absolute atomic E-state index is 0.0622. The number of hydrogen-bond acceptors (Lipinski definition) is 3. The minimum Gasteiger partial charge on any atom is -0.407 e. The largest absolute Gasteiger partial charge is 0.407 e. The van der Waals surface area contributed by atoms with Gasteiger partial charge in [-0.1, -0.05) is 87.5 Å². The van der Waals surface area contributed by atoms with Crippen molar-refractivity contribution in [2.45, 2.75) is 70.4 Å². The van der Waals surface area contributed by atoms with Gasteiger partial charge < -0.3 is 14.4 Å². The third kappa shape index (κ3) is 6.68. The van der Waals surface area contributed by atoms with Gasteiger partial charge in [0.15, 0.2) is 0 Å².